The first-order valence-corrected chi connectivity index (χ1v) is 9.92. The minimum atomic E-state index is 0.162. The maximum Gasteiger partial charge on any atom is 0.148 e. The molecule has 0 aliphatic rings. The highest BCUT2D eigenvalue weighted by atomic mass is 16.5. The number of hydrogen-bond acceptors (Lipinski definition) is 2. The number of imidazole rings is 1. The Morgan fingerprint density at radius 1 is 0.793 bits per heavy atom. The van der Waals surface area contributed by atoms with E-state index in [1.165, 1.54) is 10.9 Å². The van der Waals surface area contributed by atoms with Gasteiger partial charge in [0.15, 0.2) is 0 Å². The van der Waals surface area contributed by atoms with E-state index in [0.717, 1.165) is 28.0 Å². The van der Waals surface area contributed by atoms with E-state index in [9.17, 15) is 0 Å². The monoisotopic (exact) mass is 378 g/mol. The lowest BCUT2D eigenvalue weighted by Crippen LogP contribution is -2.12. The Labute approximate surface area is 170 Å². The molecule has 0 aliphatic carbocycles. The predicted octanol–water partition coefficient (Wildman–Crippen LogP) is 6.38. The average Bonchev–Trinajstić information content (AvgIpc) is 3.16. The summed E-state index contributed by atoms with van der Waals surface area (Å²) >= 11 is 0. The van der Waals surface area contributed by atoms with E-state index < -0.39 is 0 Å². The van der Waals surface area contributed by atoms with Crippen molar-refractivity contribution in [1.29, 1.82) is 0 Å². The predicted molar refractivity (Wildman–Crippen MR) is 118 cm³/mol. The van der Waals surface area contributed by atoms with Crippen molar-refractivity contribution < 1.29 is 4.74 Å². The van der Waals surface area contributed by atoms with Crippen molar-refractivity contribution in [2.75, 3.05) is 0 Å². The molecular weight excluding hydrogens is 356 g/mol. The molecule has 0 N–H and O–H groups in total. The number of para-hydroxylation sites is 2. The third kappa shape index (κ3) is 3.25. The number of benzene rings is 4. The third-order valence-electron chi connectivity index (χ3n) is 5.44. The largest absolute Gasteiger partial charge is 0.485 e. The highest BCUT2D eigenvalue weighted by Crippen LogP contribution is 2.29. The van der Waals surface area contributed by atoms with Crippen molar-refractivity contribution in [3.8, 4) is 5.75 Å². The number of aromatic nitrogens is 2. The molecule has 5 rings (SSSR count). The van der Waals surface area contributed by atoms with Crippen molar-refractivity contribution in [3.63, 3.8) is 0 Å². The van der Waals surface area contributed by atoms with Crippen LogP contribution >= 0.6 is 0 Å². The number of hydrogen-bond donors (Lipinski definition) is 0. The van der Waals surface area contributed by atoms with Crippen LogP contribution in [0.1, 0.15) is 24.4 Å². The van der Waals surface area contributed by atoms with Crippen LogP contribution in [0.2, 0.25) is 0 Å². The molecule has 0 aliphatic heterocycles. The quantitative estimate of drug-likeness (QED) is 0.355. The molecule has 5 aromatic rings. The van der Waals surface area contributed by atoms with Crippen LogP contribution in [-0.2, 0) is 6.61 Å². The van der Waals surface area contributed by atoms with Crippen LogP contribution in [0.25, 0.3) is 21.8 Å². The first kappa shape index (κ1) is 17.5. The Balaban J connectivity index is 1.55. The van der Waals surface area contributed by atoms with Crippen LogP contribution in [0.15, 0.2) is 97.1 Å². The summed E-state index contributed by atoms with van der Waals surface area (Å²) in [6, 6.07) is 33.4. The van der Waals surface area contributed by atoms with Crippen LogP contribution in [0.5, 0.6) is 5.75 Å². The number of ether oxygens (including phenoxy) is 1. The van der Waals surface area contributed by atoms with Crippen molar-refractivity contribution in [2.45, 2.75) is 19.6 Å². The summed E-state index contributed by atoms with van der Waals surface area (Å²) in [6.45, 7) is 2.63. The molecule has 3 heteroatoms. The molecule has 0 fully saturated rings. The maximum absolute atomic E-state index is 6.28. The molecule has 3 nitrogen and oxygen atoms in total. The normalized spacial score (nSPS) is 12.3. The summed E-state index contributed by atoms with van der Waals surface area (Å²) in [5.41, 5.74) is 3.37. The van der Waals surface area contributed by atoms with Gasteiger partial charge < -0.3 is 9.30 Å². The minimum absolute atomic E-state index is 0.162. The third-order valence-corrected chi connectivity index (χ3v) is 5.44. The van der Waals surface area contributed by atoms with Gasteiger partial charge in [-0.3, -0.25) is 0 Å². The number of rotatable bonds is 5. The molecule has 0 unspecified atom stereocenters. The SMILES string of the molecule is C[C@H](c1ccccc1)n1c(COc2cccc3ccccc23)nc2ccccc21. The summed E-state index contributed by atoms with van der Waals surface area (Å²) in [5, 5.41) is 2.30. The van der Waals surface area contributed by atoms with Gasteiger partial charge in [0.05, 0.1) is 17.1 Å². The Morgan fingerprint density at radius 3 is 2.41 bits per heavy atom. The second-order valence-electron chi connectivity index (χ2n) is 7.24. The number of nitrogens with zero attached hydrogens (tertiary/aromatic N) is 2. The molecule has 142 valence electrons. The van der Waals surface area contributed by atoms with Crippen molar-refractivity contribution >= 4 is 21.8 Å². The molecule has 0 saturated heterocycles. The van der Waals surface area contributed by atoms with Crippen LogP contribution in [-0.4, -0.2) is 9.55 Å². The molecule has 4 aromatic carbocycles. The lowest BCUT2D eigenvalue weighted by molar-refractivity contribution is 0.292. The zero-order valence-electron chi connectivity index (χ0n) is 16.3. The molecule has 0 saturated carbocycles. The topological polar surface area (TPSA) is 27.1 Å². The van der Waals surface area contributed by atoms with Gasteiger partial charge in [-0.05, 0) is 36.1 Å². The highest BCUT2D eigenvalue weighted by molar-refractivity contribution is 5.88. The molecule has 1 heterocycles. The zero-order valence-corrected chi connectivity index (χ0v) is 16.3. The van der Waals surface area contributed by atoms with Crippen molar-refractivity contribution in [2.24, 2.45) is 0 Å². The van der Waals surface area contributed by atoms with E-state index in [2.05, 4.69) is 72.2 Å². The van der Waals surface area contributed by atoms with Crippen LogP contribution in [0, 0.1) is 0 Å². The lowest BCUT2D eigenvalue weighted by Gasteiger charge is -2.19. The maximum atomic E-state index is 6.28. The smallest absolute Gasteiger partial charge is 0.148 e. The van der Waals surface area contributed by atoms with E-state index in [4.69, 9.17) is 9.72 Å². The Kier molecular flexibility index (Phi) is 4.49. The van der Waals surface area contributed by atoms with E-state index in [1.807, 2.05) is 36.4 Å². The van der Waals surface area contributed by atoms with Crippen molar-refractivity contribution in [1.82, 2.24) is 9.55 Å². The van der Waals surface area contributed by atoms with E-state index in [0.29, 0.717) is 6.61 Å². The highest BCUT2D eigenvalue weighted by Gasteiger charge is 2.17. The molecule has 1 aromatic heterocycles. The molecular formula is C26H22N2O. The molecule has 0 radical (unpaired) electrons. The Bertz CT molecular complexity index is 1270. The summed E-state index contributed by atoms with van der Waals surface area (Å²) in [6.07, 6.45) is 0. The first-order valence-electron chi connectivity index (χ1n) is 9.92. The molecule has 0 bridgehead atoms. The van der Waals surface area contributed by atoms with E-state index in [-0.39, 0.29) is 6.04 Å². The molecule has 0 spiro atoms. The van der Waals surface area contributed by atoms with Crippen LogP contribution in [0.4, 0.5) is 0 Å². The second kappa shape index (κ2) is 7.44. The van der Waals surface area contributed by atoms with Gasteiger partial charge in [-0.15, -0.1) is 0 Å². The summed E-state index contributed by atoms with van der Waals surface area (Å²) in [7, 11) is 0. The standard InChI is InChI=1S/C26H22N2O/c1-19(20-10-3-2-4-11-20)28-24-16-8-7-15-23(24)27-26(28)18-29-25-17-9-13-21-12-5-6-14-22(21)25/h2-17,19H,18H2,1H3/t19-/m1/s1. The van der Waals surface area contributed by atoms with Crippen molar-refractivity contribution in [3.05, 3.63) is 108 Å². The fourth-order valence-corrected chi connectivity index (χ4v) is 3.97. The zero-order chi connectivity index (χ0) is 19.6. The summed E-state index contributed by atoms with van der Waals surface area (Å²) in [4.78, 5) is 4.89. The van der Waals surface area contributed by atoms with Gasteiger partial charge in [-0.25, -0.2) is 4.98 Å². The van der Waals surface area contributed by atoms with Gasteiger partial charge in [0.2, 0.25) is 0 Å². The van der Waals surface area contributed by atoms with Gasteiger partial charge in [-0.1, -0.05) is 78.9 Å². The lowest BCUT2D eigenvalue weighted by atomic mass is 10.1. The first-order chi connectivity index (χ1) is 14.3. The second-order valence-corrected chi connectivity index (χ2v) is 7.24. The van der Waals surface area contributed by atoms with Gasteiger partial charge >= 0.3 is 0 Å². The summed E-state index contributed by atoms with van der Waals surface area (Å²) in [5.74, 6) is 1.81. The fraction of sp³-hybridized carbons (Fsp3) is 0.115. The van der Waals surface area contributed by atoms with Crippen LogP contribution < -0.4 is 4.74 Å². The molecule has 0 amide bonds. The molecule has 29 heavy (non-hydrogen) atoms. The van der Waals surface area contributed by atoms with E-state index in [1.54, 1.807) is 0 Å². The van der Waals surface area contributed by atoms with Crippen LogP contribution in [0.3, 0.4) is 0 Å². The average molecular weight is 378 g/mol. The van der Waals surface area contributed by atoms with Gasteiger partial charge in [0, 0.05) is 5.39 Å². The number of fused-ring (bicyclic) bond motifs is 2. The van der Waals surface area contributed by atoms with E-state index >= 15 is 0 Å². The fourth-order valence-electron chi connectivity index (χ4n) is 3.97. The Morgan fingerprint density at radius 2 is 1.52 bits per heavy atom. The Hall–Kier alpha value is -3.59. The molecule has 1 atom stereocenters. The summed E-state index contributed by atoms with van der Waals surface area (Å²) < 4.78 is 8.57. The minimum Gasteiger partial charge on any atom is -0.485 e. The van der Waals surface area contributed by atoms with Gasteiger partial charge in [0.1, 0.15) is 18.2 Å². The van der Waals surface area contributed by atoms with Gasteiger partial charge in [0.25, 0.3) is 0 Å². The van der Waals surface area contributed by atoms with Gasteiger partial charge in [-0.2, -0.15) is 0 Å².